The van der Waals surface area contributed by atoms with Crippen molar-refractivity contribution in [1.29, 1.82) is 5.26 Å². The second kappa shape index (κ2) is 5.83. The zero-order valence-corrected chi connectivity index (χ0v) is 10.2. The van der Waals surface area contributed by atoms with Gasteiger partial charge < -0.3 is 4.74 Å². The Kier molecular flexibility index (Phi) is 3.93. The average Bonchev–Trinajstić information content (AvgIpc) is 2.46. The predicted molar refractivity (Wildman–Crippen MR) is 69.3 cm³/mol. The van der Waals surface area contributed by atoms with Gasteiger partial charge in [-0.05, 0) is 29.8 Å². The summed E-state index contributed by atoms with van der Waals surface area (Å²) in [5, 5.41) is 8.98. The molecule has 18 heavy (non-hydrogen) atoms. The summed E-state index contributed by atoms with van der Waals surface area (Å²) in [7, 11) is 1.64. The van der Waals surface area contributed by atoms with Gasteiger partial charge in [-0.25, -0.2) is 0 Å². The summed E-state index contributed by atoms with van der Waals surface area (Å²) in [6.45, 7) is 0. The van der Waals surface area contributed by atoms with Crippen molar-refractivity contribution in [2.75, 3.05) is 7.11 Å². The van der Waals surface area contributed by atoms with Crippen LogP contribution in [0.5, 0.6) is 5.75 Å². The van der Waals surface area contributed by atoms with Crippen LogP contribution in [0, 0.1) is 11.3 Å². The zero-order chi connectivity index (χ0) is 12.8. The molecule has 0 aliphatic carbocycles. The van der Waals surface area contributed by atoms with Crippen LogP contribution in [0.4, 0.5) is 0 Å². The molecule has 0 aliphatic rings. The third kappa shape index (κ3) is 2.67. The van der Waals surface area contributed by atoms with Gasteiger partial charge in [0.15, 0.2) is 0 Å². The van der Waals surface area contributed by atoms with Crippen molar-refractivity contribution in [3.63, 3.8) is 0 Å². The highest BCUT2D eigenvalue weighted by atomic mass is 16.5. The van der Waals surface area contributed by atoms with Crippen molar-refractivity contribution >= 4 is 0 Å². The van der Waals surface area contributed by atoms with E-state index in [0.717, 1.165) is 17.0 Å². The van der Waals surface area contributed by atoms with E-state index in [-0.39, 0.29) is 5.92 Å². The topological polar surface area (TPSA) is 45.9 Å². The van der Waals surface area contributed by atoms with Crippen molar-refractivity contribution in [3.8, 4) is 11.8 Å². The van der Waals surface area contributed by atoms with E-state index in [1.807, 2.05) is 42.5 Å². The Morgan fingerprint density at radius 1 is 1.28 bits per heavy atom. The molecule has 3 heteroatoms. The van der Waals surface area contributed by atoms with Crippen LogP contribution in [-0.2, 0) is 0 Å². The van der Waals surface area contributed by atoms with Gasteiger partial charge in [-0.15, -0.1) is 0 Å². The first-order valence-electron chi connectivity index (χ1n) is 5.77. The summed E-state index contributed by atoms with van der Waals surface area (Å²) in [4.78, 5) is 4.34. The van der Waals surface area contributed by atoms with Gasteiger partial charge in [-0.3, -0.25) is 4.98 Å². The Bertz CT molecular complexity index is 546. The maximum atomic E-state index is 8.98. The van der Waals surface area contributed by atoms with Crippen LogP contribution >= 0.6 is 0 Å². The summed E-state index contributed by atoms with van der Waals surface area (Å²) >= 11 is 0. The zero-order valence-electron chi connectivity index (χ0n) is 10.2. The minimum atomic E-state index is -0.00806. The average molecular weight is 238 g/mol. The summed E-state index contributed by atoms with van der Waals surface area (Å²) in [6, 6.07) is 15.8. The van der Waals surface area contributed by atoms with Gasteiger partial charge in [0, 0.05) is 24.2 Å². The van der Waals surface area contributed by atoms with Crippen LogP contribution in [0.15, 0.2) is 48.7 Å². The Labute approximate surface area is 107 Å². The van der Waals surface area contributed by atoms with Crippen molar-refractivity contribution in [2.24, 2.45) is 0 Å². The molecule has 0 aliphatic heterocycles. The highest BCUT2D eigenvalue weighted by Crippen LogP contribution is 2.28. The predicted octanol–water partition coefficient (Wildman–Crippen LogP) is 3.14. The standard InChI is InChI=1S/C15H14N2O/c1-18-13-6-4-5-12(11-13)14(8-9-16)15-7-2-3-10-17-15/h2-7,10-11,14H,8H2,1H3. The number of rotatable bonds is 4. The number of benzene rings is 1. The molecule has 0 amide bonds. The van der Waals surface area contributed by atoms with Crippen molar-refractivity contribution in [1.82, 2.24) is 4.98 Å². The van der Waals surface area contributed by atoms with E-state index in [4.69, 9.17) is 10.00 Å². The fraction of sp³-hybridized carbons (Fsp3) is 0.200. The lowest BCUT2D eigenvalue weighted by atomic mass is 9.92. The molecule has 0 fully saturated rings. The van der Waals surface area contributed by atoms with Crippen molar-refractivity contribution < 1.29 is 4.74 Å². The van der Waals surface area contributed by atoms with E-state index in [9.17, 15) is 0 Å². The van der Waals surface area contributed by atoms with Gasteiger partial charge in [0.1, 0.15) is 5.75 Å². The SMILES string of the molecule is COc1cccc(C(CC#N)c2ccccn2)c1. The molecule has 2 rings (SSSR count). The molecule has 90 valence electrons. The van der Waals surface area contributed by atoms with Crippen LogP contribution in [0.2, 0.25) is 0 Å². The largest absolute Gasteiger partial charge is 0.497 e. The van der Waals surface area contributed by atoms with E-state index >= 15 is 0 Å². The first-order chi connectivity index (χ1) is 8.85. The van der Waals surface area contributed by atoms with Gasteiger partial charge in [0.2, 0.25) is 0 Å². The first kappa shape index (κ1) is 12.1. The van der Waals surface area contributed by atoms with E-state index < -0.39 is 0 Å². The van der Waals surface area contributed by atoms with E-state index in [1.54, 1.807) is 13.3 Å². The molecule has 0 radical (unpaired) electrons. The van der Waals surface area contributed by atoms with Crippen LogP contribution in [-0.4, -0.2) is 12.1 Å². The maximum Gasteiger partial charge on any atom is 0.119 e. The number of hydrogen-bond acceptors (Lipinski definition) is 3. The molecule has 0 saturated heterocycles. The highest BCUT2D eigenvalue weighted by Gasteiger charge is 2.15. The lowest BCUT2D eigenvalue weighted by Crippen LogP contribution is -2.02. The summed E-state index contributed by atoms with van der Waals surface area (Å²) in [6.07, 6.45) is 2.16. The van der Waals surface area contributed by atoms with Gasteiger partial charge in [-0.2, -0.15) is 5.26 Å². The molecular formula is C15H14N2O. The minimum absolute atomic E-state index is 0.00806. The first-order valence-corrected chi connectivity index (χ1v) is 5.77. The lowest BCUT2D eigenvalue weighted by Gasteiger charge is -2.14. The third-order valence-electron chi connectivity index (χ3n) is 2.84. The molecule has 0 bridgehead atoms. The quantitative estimate of drug-likeness (QED) is 0.822. The number of aromatic nitrogens is 1. The smallest absolute Gasteiger partial charge is 0.119 e. The number of nitrogens with zero attached hydrogens (tertiary/aromatic N) is 2. The van der Waals surface area contributed by atoms with E-state index in [1.165, 1.54) is 0 Å². The van der Waals surface area contributed by atoms with Crippen LogP contribution in [0.25, 0.3) is 0 Å². The lowest BCUT2D eigenvalue weighted by molar-refractivity contribution is 0.414. The number of pyridine rings is 1. The summed E-state index contributed by atoms with van der Waals surface area (Å²) in [5.74, 6) is 0.790. The second-order valence-electron chi connectivity index (χ2n) is 3.95. The summed E-state index contributed by atoms with van der Waals surface area (Å²) < 4.78 is 5.22. The molecule has 1 unspecified atom stereocenters. The Hall–Kier alpha value is -2.34. The number of methoxy groups -OCH3 is 1. The van der Waals surface area contributed by atoms with Crippen LogP contribution in [0.3, 0.4) is 0 Å². The van der Waals surface area contributed by atoms with E-state index in [0.29, 0.717) is 6.42 Å². The molecule has 0 N–H and O–H groups in total. The Morgan fingerprint density at radius 2 is 2.17 bits per heavy atom. The normalized spacial score (nSPS) is 11.6. The molecule has 3 nitrogen and oxygen atoms in total. The van der Waals surface area contributed by atoms with E-state index in [2.05, 4.69) is 11.1 Å². The van der Waals surface area contributed by atoms with Crippen molar-refractivity contribution in [3.05, 3.63) is 59.9 Å². The fourth-order valence-electron chi connectivity index (χ4n) is 1.92. The fourth-order valence-corrected chi connectivity index (χ4v) is 1.92. The minimum Gasteiger partial charge on any atom is -0.497 e. The molecule has 0 spiro atoms. The van der Waals surface area contributed by atoms with Crippen LogP contribution < -0.4 is 4.74 Å². The second-order valence-corrected chi connectivity index (χ2v) is 3.95. The van der Waals surface area contributed by atoms with Gasteiger partial charge in [0.05, 0.1) is 13.2 Å². The van der Waals surface area contributed by atoms with Crippen LogP contribution in [0.1, 0.15) is 23.6 Å². The number of hydrogen-bond donors (Lipinski definition) is 0. The molecular weight excluding hydrogens is 224 g/mol. The molecule has 1 aromatic carbocycles. The Balaban J connectivity index is 2.39. The maximum absolute atomic E-state index is 8.98. The van der Waals surface area contributed by atoms with Gasteiger partial charge >= 0.3 is 0 Å². The molecule has 0 saturated carbocycles. The third-order valence-corrected chi connectivity index (χ3v) is 2.84. The number of ether oxygens (including phenoxy) is 1. The number of nitriles is 1. The molecule has 1 atom stereocenters. The molecule has 1 heterocycles. The summed E-state index contributed by atoms with van der Waals surface area (Å²) in [5.41, 5.74) is 1.96. The monoisotopic (exact) mass is 238 g/mol. The molecule has 2 aromatic rings. The van der Waals surface area contributed by atoms with Gasteiger partial charge in [-0.1, -0.05) is 18.2 Å². The van der Waals surface area contributed by atoms with Gasteiger partial charge in [0.25, 0.3) is 0 Å². The van der Waals surface area contributed by atoms with Crippen molar-refractivity contribution in [2.45, 2.75) is 12.3 Å². The Morgan fingerprint density at radius 3 is 2.83 bits per heavy atom. The highest BCUT2D eigenvalue weighted by molar-refractivity contribution is 5.35. The molecule has 1 aromatic heterocycles.